The predicted octanol–water partition coefficient (Wildman–Crippen LogP) is 5.12. The van der Waals surface area contributed by atoms with Crippen molar-refractivity contribution >= 4 is 34.0 Å². The molecule has 0 amide bonds. The first-order valence-corrected chi connectivity index (χ1v) is 8.88. The highest BCUT2D eigenvalue weighted by Crippen LogP contribution is 2.27. The van der Waals surface area contributed by atoms with Crippen LogP contribution in [0.2, 0.25) is 0 Å². The minimum Gasteiger partial charge on any atom is -0.422 e. The summed E-state index contributed by atoms with van der Waals surface area (Å²) in [5.74, 6) is -0.380. The fourth-order valence-electron chi connectivity index (χ4n) is 2.67. The molecule has 0 fully saturated rings. The molecule has 0 bridgehead atoms. The van der Waals surface area contributed by atoms with E-state index in [1.165, 1.54) is 23.5 Å². The largest absolute Gasteiger partial charge is 0.422 e. The van der Waals surface area contributed by atoms with Gasteiger partial charge in [0, 0.05) is 10.8 Å². The molecule has 0 aliphatic rings. The molecule has 4 rings (SSSR count). The summed E-state index contributed by atoms with van der Waals surface area (Å²) in [6, 6.07) is 17.0. The Bertz CT molecular complexity index is 1280. The lowest BCUT2D eigenvalue weighted by Gasteiger charge is -1.99. The van der Waals surface area contributed by atoms with Gasteiger partial charge in [-0.15, -0.1) is 11.3 Å². The van der Waals surface area contributed by atoms with E-state index in [1.54, 1.807) is 41.8 Å². The van der Waals surface area contributed by atoms with Gasteiger partial charge < -0.3 is 4.42 Å². The van der Waals surface area contributed by atoms with Crippen LogP contribution in [0, 0.1) is 17.1 Å². The molecular weight excluding hydrogens is 363 g/mol. The van der Waals surface area contributed by atoms with Crippen LogP contribution in [-0.2, 0) is 0 Å². The summed E-state index contributed by atoms with van der Waals surface area (Å²) in [6.07, 6.45) is 1.56. The number of hydrogen-bond acceptors (Lipinski definition) is 5. The van der Waals surface area contributed by atoms with Crippen LogP contribution in [0.1, 0.15) is 10.6 Å². The maximum Gasteiger partial charge on any atom is 0.345 e. The third-order valence-electron chi connectivity index (χ3n) is 3.93. The van der Waals surface area contributed by atoms with Gasteiger partial charge in [0.25, 0.3) is 0 Å². The number of nitriles is 1. The van der Waals surface area contributed by atoms with E-state index in [4.69, 9.17) is 4.42 Å². The highest BCUT2D eigenvalue weighted by molar-refractivity contribution is 7.11. The van der Waals surface area contributed by atoms with Crippen LogP contribution in [0.5, 0.6) is 0 Å². The number of halogens is 1. The second kappa shape index (κ2) is 6.98. The summed E-state index contributed by atoms with van der Waals surface area (Å²) in [5, 5.41) is 12.4. The lowest BCUT2D eigenvalue weighted by Crippen LogP contribution is -2.02. The lowest BCUT2D eigenvalue weighted by molar-refractivity contribution is 0.563. The molecule has 0 spiro atoms. The summed E-state index contributed by atoms with van der Waals surface area (Å²) in [5.41, 5.74) is 1.65. The molecule has 130 valence electrons. The van der Waals surface area contributed by atoms with Crippen molar-refractivity contribution in [1.29, 1.82) is 5.26 Å². The van der Waals surface area contributed by atoms with E-state index in [-0.39, 0.29) is 5.82 Å². The van der Waals surface area contributed by atoms with Gasteiger partial charge in [-0.2, -0.15) is 5.26 Å². The summed E-state index contributed by atoms with van der Waals surface area (Å²) in [4.78, 5) is 16.7. The van der Waals surface area contributed by atoms with Crippen LogP contribution in [0.4, 0.5) is 4.39 Å². The van der Waals surface area contributed by atoms with Crippen LogP contribution in [0.25, 0.3) is 33.9 Å². The molecule has 2 heterocycles. The smallest absolute Gasteiger partial charge is 0.345 e. The summed E-state index contributed by atoms with van der Waals surface area (Å²) >= 11 is 1.24. The molecule has 4 aromatic rings. The summed E-state index contributed by atoms with van der Waals surface area (Å²) in [7, 11) is 0. The molecule has 0 N–H and O–H groups in total. The minimum atomic E-state index is -0.488. The van der Waals surface area contributed by atoms with Gasteiger partial charge in [-0.3, -0.25) is 0 Å². The zero-order valence-corrected chi connectivity index (χ0v) is 14.7. The number of rotatable bonds is 3. The quantitative estimate of drug-likeness (QED) is 0.369. The van der Waals surface area contributed by atoms with Crippen molar-refractivity contribution < 1.29 is 8.81 Å². The number of thiazole rings is 1. The van der Waals surface area contributed by atoms with E-state index in [0.717, 1.165) is 5.39 Å². The van der Waals surface area contributed by atoms with Crippen LogP contribution >= 0.6 is 11.3 Å². The van der Waals surface area contributed by atoms with Gasteiger partial charge in [0.05, 0.1) is 16.8 Å². The van der Waals surface area contributed by atoms with E-state index >= 15 is 0 Å². The first kappa shape index (κ1) is 16.9. The zero-order valence-electron chi connectivity index (χ0n) is 13.8. The molecule has 0 saturated carbocycles. The molecular formula is C21H11FN2O2S. The first-order valence-electron chi connectivity index (χ1n) is 8.00. The molecule has 0 unspecified atom stereocenters. The Balaban J connectivity index is 1.76. The van der Waals surface area contributed by atoms with Gasteiger partial charge >= 0.3 is 5.63 Å². The fourth-order valence-corrected chi connectivity index (χ4v) is 3.45. The molecule has 2 aromatic carbocycles. The highest BCUT2D eigenvalue weighted by atomic mass is 32.1. The van der Waals surface area contributed by atoms with Crippen LogP contribution in [-0.4, -0.2) is 4.98 Å². The van der Waals surface area contributed by atoms with Gasteiger partial charge in [-0.05, 0) is 35.9 Å². The van der Waals surface area contributed by atoms with Crippen molar-refractivity contribution in [2.24, 2.45) is 0 Å². The van der Waals surface area contributed by atoms with E-state index in [2.05, 4.69) is 11.1 Å². The maximum absolute atomic E-state index is 13.4. The average Bonchev–Trinajstić information content (AvgIpc) is 3.15. The van der Waals surface area contributed by atoms with Crippen LogP contribution < -0.4 is 5.63 Å². The van der Waals surface area contributed by atoms with Crippen LogP contribution in [0.15, 0.2) is 69.2 Å². The van der Waals surface area contributed by atoms with E-state index in [9.17, 15) is 14.4 Å². The highest BCUT2D eigenvalue weighted by Gasteiger charge is 2.13. The molecule has 0 aliphatic heterocycles. The van der Waals surface area contributed by atoms with E-state index in [0.29, 0.717) is 33.0 Å². The Kier molecular flexibility index (Phi) is 4.37. The Morgan fingerprint density at radius 1 is 1.19 bits per heavy atom. The summed E-state index contributed by atoms with van der Waals surface area (Å²) in [6.45, 7) is 0. The predicted molar refractivity (Wildman–Crippen MR) is 103 cm³/mol. The fraction of sp³-hybridized carbons (Fsp3) is 0. The number of benzene rings is 2. The number of fused-ring (bicyclic) bond motifs is 1. The molecule has 0 radical (unpaired) electrons. The SMILES string of the molecule is N#C/C(=C\c1cccc(F)c1)c1nc(-c2cc3ccccc3oc2=O)cs1. The third kappa shape index (κ3) is 3.41. The zero-order chi connectivity index (χ0) is 18.8. The normalized spacial score (nSPS) is 11.5. The van der Waals surface area contributed by atoms with Crippen molar-refractivity contribution in [3.8, 4) is 17.3 Å². The van der Waals surface area contributed by atoms with Crippen molar-refractivity contribution in [2.75, 3.05) is 0 Å². The number of allylic oxidation sites excluding steroid dienone is 1. The molecule has 0 aliphatic carbocycles. The van der Waals surface area contributed by atoms with Gasteiger partial charge in [0.15, 0.2) is 0 Å². The molecule has 4 nitrogen and oxygen atoms in total. The Morgan fingerprint density at radius 2 is 2.04 bits per heavy atom. The number of hydrogen-bond donors (Lipinski definition) is 0. The Hall–Kier alpha value is -3.56. The van der Waals surface area contributed by atoms with E-state index in [1.807, 2.05) is 12.1 Å². The molecule has 27 heavy (non-hydrogen) atoms. The standard InChI is InChI=1S/C21H11FN2O2S/c22-16-6-3-4-13(9-16)8-15(11-23)20-24-18(12-27-20)17-10-14-5-1-2-7-19(14)26-21(17)25/h1-10,12H/b15-8+. The lowest BCUT2D eigenvalue weighted by atomic mass is 10.1. The van der Waals surface area contributed by atoms with Crippen molar-refractivity contribution in [3.63, 3.8) is 0 Å². The summed E-state index contributed by atoms with van der Waals surface area (Å²) < 4.78 is 18.7. The Labute approximate surface area is 157 Å². The van der Waals surface area contributed by atoms with Gasteiger partial charge in [0.1, 0.15) is 22.5 Å². The first-order chi connectivity index (χ1) is 13.1. The molecule has 0 atom stereocenters. The third-order valence-corrected chi connectivity index (χ3v) is 4.81. The minimum absolute atomic E-state index is 0.294. The van der Waals surface area contributed by atoms with Gasteiger partial charge in [-0.25, -0.2) is 14.2 Å². The van der Waals surface area contributed by atoms with Gasteiger partial charge in [0.2, 0.25) is 0 Å². The van der Waals surface area contributed by atoms with Crippen molar-refractivity contribution in [2.45, 2.75) is 0 Å². The van der Waals surface area contributed by atoms with E-state index < -0.39 is 5.63 Å². The number of aromatic nitrogens is 1. The van der Waals surface area contributed by atoms with Crippen molar-refractivity contribution in [3.05, 3.63) is 86.8 Å². The Morgan fingerprint density at radius 3 is 2.85 bits per heavy atom. The molecule has 6 heteroatoms. The molecule has 0 saturated heterocycles. The van der Waals surface area contributed by atoms with Crippen LogP contribution in [0.3, 0.4) is 0 Å². The second-order valence-corrected chi connectivity index (χ2v) is 6.61. The monoisotopic (exact) mass is 374 g/mol. The molecule has 2 aromatic heterocycles. The maximum atomic E-state index is 13.4. The van der Waals surface area contributed by atoms with Gasteiger partial charge in [-0.1, -0.05) is 30.3 Å². The number of nitrogens with zero attached hydrogens (tertiary/aromatic N) is 2. The second-order valence-electron chi connectivity index (χ2n) is 5.75. The average molecular weight is 374 g/mol. The number of para-hydroxylation sites is 1. The van der Waals surface area contributed by atoms with Crippen molar-refractivity contribution in [1.82, 2.24) is 4.98 Å². The topological polar surface area (TPSA) is 66.9 Å².